The van der Waals surface area contributed by atoms with E-state index in [-0.39, 0.29) is 5.41 Å². The van der Waals surface area contributed by atoms with Crippen LogP contribution in [0.1, 0.15) is 46.5 Å². The highest BCUT2D eigenvalue weighted by Crippen LogP contribution is 2.36. The Morgan fingerprint density at radius 2 is 1.87 bits per heavy atom. The van der Waals surface area contributed by atoms with Crippen LogP contribution in [0.25, 0.3) is 0 Å². The van der Waals surface area contributed by atoms with Crippen LogP contribution in [0.2, 0.25) is 0 Å². The number of carbonyl (C=O) groups excluding carboxylic acids is 1. The van der Waals surface area contributed by atoms with E-state index in [0.717, 1.165) is 18.5 Å². The van der Waals surface area contributed by atoms with E-state index >= 15 is 0 Å². The minimum atomic E-state index is -0.155. The first kappa shape index (κ1) is 11.1. The quantitative estimate of drug-likeness (QED) is 0.670. The average Bonchev–Trinajstić information content (AvgIpc) is 2.98. The zero-order chi connectivity index (χ0) is 11.1. The standard InChI is InChI=1S/C13H23NO/c1-10(15)13(2,3)9-14(12-6-7-12)8-11-4-5-11/h11-12H,4-9H2,1-3H3. The molecule has 2 fully saturated rings. The SMILES string of the molecule is CC(=O)C(C)(C)CN(CC1CC1)C1CC1. The molecular formula is C13H23NO. The van der Waals surface area contributed by atoms with Crippen LogP contribution in [-0.4, -0.2) is 29.8 Å². The maximum Gasteiger partial charge on any atom is 0.136 e. The Morgan fingerprint density at radius 1 is 1.27 bits per heavy atom. The van der Waals surface area contributed by atoms with E-state index in [2.05, 4.69) is 18.7 Å². The van der Waals surface area contributed by atoms with Gasteiger partial charge in [0, 0.05) is 24.5 Å². The van der Waals surface area contributed by atoms with Gasteiger partial charge in [-0.15, -0.1) is 0 Å². The van der Waals surface area contributed by atoms with Gasteiger partial charge in [0.15, 0.2) is 0 Å². The summed E-state index contributed by atoms with van der Waals surface area (Å²) in [6.07, 6.45) is 5.51. The van der Waals surface area contributed by atoms with Crippen molar-refractivity contribution in [2.24, 2.45) is 11.3 Å². The van der Waals surface area contributed by atoms with Gasteiger partial charge in [0.1, 0.15) is 5.78 Å². The molecule has 2 rings (SSSR count). The number of ketones is 1. The van der Waals surface area contributed by atoms with Crippen LogP contribution < -0.4 is 0 Å². The second kappa shape index (κ2) is 3.89. The molecule has 0 aliphatic heterocycles. The van der Waals surface area contributed by atoms with Gasteiger partial charge in [0.25, 0.3) is 0 Å². The van der Waals surface area contributed by atoms with Crippen molar-refractivity contribution in [2.75, 3.05) is 13.1 Å². The van der Waals surface area contributed by atoms with Crippen LogP contribution in [0.3, 0.4) is 0 Å². The summed E-state index contributed by atoms with van der Waals surface area (Å²) in [4.78, 5) is 14.1. The molecule has 0 aromatic rings. The summed E-state index contributed by atoms with van der Waals surface area (Å²) in [5, 5.41) is 0. The summed E-state index contributed by atoms with van der Waals surface area (Å²) in [5.41, 5.74) is -0.155. The second-order valence-electron chi connectivity index (χ2n) is 6.04. The lowest BCUT2D eigenvalue weighted by Crippen LogP contribution is -2.40. The van der Waals surface area contributed by atoms with E-state index in [1.54, 1.807) is 6.92 Å². The summed E-state index contributed by atoms with van der Waals surface area (Å²) in [5.74, 6) is 1.26. The zero-order valence-electron chi connectivity index (χ0n) is 10.3. The van der Waals surface area contributed by atoms with E-state index in [0.29, 0.717) is 5.78 Å². The van der Waals surface area contributed by atoms with Crippen molar-refractivity contribution < 1.29 is 4.79 Å². The highest BCUT2D eigenvalue weighted by atomic mass is 16.1. The minimum absolute atomic E-state index is 0.155. The Hall–Kier alpha value is -0.370. The van der Waals surface area contributed by atoms with Gasteiger partial charge in [-0.3, -0.25) is 9.69 Å². The third-order valence-electron chi connectivity index (χ3n) is 3.80. The highest BCUT2D eigenvalue weighted by molar-refractivity contribution is 5.81. The van der Waals surface area contributed by atoms with Crippen LogP contribution in [0.5, 0.6) is 0 Å². The monoisotopic (exact) mass is 209 g/mol. The lowest BCUT2D eigenvalue weighted by Gasteiger charge is -2.31. The first-order valence-electron chi connectivity index (χ1n) is 6.24. The predicted molar refractivity (Wildman–Crippen MR) is 61.8 cm³/mol. The van der Waals surface area contributed by atoms with Crippen molar-refractivity contribution in [3.63, 3.8) is 0 Å². The number of Topliss-reactive ketones (excluding diaryl/α,β-unsaturated/α-hetero) is 1. The molecule has 0 unspecified atom stereocenters. The number of nitrogens with zero attached hydrogens (tertiary/aromatic N) is 1. The lowest BCUT2D eigenvalue weighted by atomic mass is 9.88. The normalized spacial score (nSPS) is 22.1. The fourth-order valence-electron chi connectivity index (χ4n) is 2.03. The topological polar surface area (TPSA) is 20.3 Å². The Labute approximate surface area is 93.0 Å². The molecule has 2 heteroatoms. The molecular weight excluding hydrogens is 186 g/mol. The third kappa shape index (κ3) is 3.04. The smallest absolute Gasteiger partial charge is 0.136 e. The minimum Gasteiger partial charge on any atom is -0.299 e. The molecule has 0 atom stereocenters. The number of rotatable bonds is 6. The van der Waals surface area contributed by atoms with Gasteiger partial charge in [0.05, 0.1) is 0 Å². The van der Waals surface area contributed by atoms with Crippen LogP contribution in [0.4, 0.5) is 0 Å². The predicted octanol–water partition coefficient (Wildman–Crippen LogP) is 2.48. The summed E-state index contributed by atoms with van der Waals surface area (Å²) < 4.78 is 0. The van der Waals surface area contributed by atoms with Gasteiger partial charge in [-0.2, -0.15) is 0 Å². The van der Waals surface area contributed by atoms with Crippen LogP contribution in [0.15, 0.2) is 0 Å². The van der Waals surface area contributed by atoms with Gasteiger partial charge in [0.2, 0.25) is 0 Å². The largest absolute Gasteiger partial charge is 0.299 e. The summed E-state index contributed by atoms with van der Waals surface area (Å²) in [6, 6.07) is 0.796. The fraction of sp³-hybridized carbons (Fsp3) is 0.923. The second-order valence-corrected chi connectivity index (χ2v) is 6.04. The molecule has 86 valence electrons. The molecule has 0 radical (unpaired) electrons. The van der Waals surface area contributed by atoms with E-state index < -0.39 is 0 Å². The van der Waals surface area contributed by atoms with Gasteiger partial charge in [-0.25, -0.2) is 0 Å². The van der Waals surface area contributed by atoms with E-state index in [4.69, 9.17) is 0 Å². The van der Waals surface area contributed by atoms with Crippen LogP contribution in [-0.2, 0) is 4.79 Å². The van der Waals surface area contributed by atoms with Gasteiger partial charge >= 0.3 is 0 Å². The molecule has 2 aliphatic carbocycles. The van der Waals surface area contributed by atoms with Gasteiger partial charge in [-0.05, 0) is 38.5 Å². The van der Waals surface area contributed by atoms with E-state index in [1.807, 2.05) is 0 Å². The van der Waals surface area contributed by atoms with Gasteiger partial charge < -0.3 is 0 Å². The molecule has 2 nitrogen and oxygen atoms in total. The summed E-state index contributed by atoms with van der Waals surface area (Å²) in [6.45, 7) is 8.09. The lowest BCUT2D eigenvalue weighted by molar-refractivity contribution is -0.125. The molecule has 0 heterocycles. The molecule has 0 N–H and O–H groups in total. The number of hydrogen-bond donors (Lipinski definition) is 0. The Bertz CT molecular complexity index is 251. The van der Waals surface area contributed by atoms with Crippen molar-refractivity contribution in [1.29, 1.82) is 0 Å². The fourth-order valence-corrected chi connectivity index (χ4v) is 2.03. The summed E-state index contributed by atoms with van der Waals surface area (Å²) in [7, 11) is 0. The first-order valence-corrected chi connectivity index (χ1v) is 6.24. The molecule has 2 aliphatic rings. The molecule has 0 aromatic heterocycles. The van der Waals surface area contributed by atoms with Crippen LogP contribution >= 0.6 is 0 Å². The average molecular weight is 209 g/mol. The van der Waals surface area contributed by atoms with Crippen molar-refractivity contribution in [3.8, 4) is 0 Å². The number of carbonyl (C=O) groups is 1. The highest BCUT2D eigenvalue weighted by Gasteiger charge is 2.37. The van der Waals surface area contributed by atoms with Crippen molar-refractivity contribution in [2.45, 2.75) is 52.5 Å². The molecule has 0 amide bonds. The Kier molecular flexibility index (Phi) is 2.89. The maximum absolute atomic E-state index is 11.5. The molecule has 0 bridgehead atoms. The maximum atomic E-state index is 11.5. The number of hydrogen-bond acceptors (Lipinski definition) is 2. The molecule has 0 saturated heterocycles. The van der Waals surface area contributed by atoms with Crippen molar-refractivity contribution >= 4 is 5.78 Å². The van der Waals surface area contributed by atoms with E-state index in [9.17, 15) is 4.79 Å². The Balaban J connectivity index is 1.89. The van der Waals surface area contributed by atoms with Crippen molar-refractivity contribution in [3.05, 3.63) is 0 Å². The zero-order valence-corrected chi connectivity index (χ0v) is 10.3. The van der Waals surface area contributed by atoms with Crippen molar-refractivity contribution in [1.82, 2.24) is 4.90 Å². The third-order valence-corrected chi connectivity index (χ3v) is 3.80. The van der Waals surface area contributed by atoms with Gasteiger partial charge in [-0.1, -0.05) is 13.8 Å². The summed E-state index contributed by atoms with van der Waals surface area (Å²) >= 11 is 0. The molecule has 0 spiro atoms. The van der Waals surface area contributed by atoms with E-state index in [1.165, 1.54) is 32.2 Å². The van der Waals surface area contributed by atoms with Crippen LogP contribution in [0, 0.1) is 11.3 Å². The molecule has 2 saturated carbocycles. The molecule has 15 heavy (non-hydrogen) atoms. The Morgan fingerprint density at radius 3 is 2.27 bits per heavy atom. The first-order chi connectivity index (χ1) is 6.99. The molecule has 0 aromatic carbocycles.